The van der Waals surface area contributed by atoms with Gasteiger partial charge in [-0.05, 0) is 13.0 Å². The minimum absolute atomic E-state index is 0.373. The normalized spacial score (nSPS) is 16.7. The fraction of sp³-hybridized carbons (Fsp3) is 0.846. The molecule has 5 nitrogen and oxygen atoms in total. The van der Waals surface area contributed by atoms with Crippen molar-refractivity contribution >= 4 is 11.8 Å². The summed E-state index contributed by atoms with van der Waals surface area (Å²) >= 11 is 0. The van der Waals surface area contributed by atoms with Crippen molar-refractivity contribution in [1.82, 2.24) is 15.1 Å². The molecule has 2 amide bonds. The van der Waals surface area contributed by atoms with Crippen LogP contribution < -0.4 is 5.32 Å². The molecule has 0 saturated carbocycles. The predicted octanol–water partition coefficient (Wildman–Crippen LogP) is 0.457. The number of unbranched alkanes of at least 4 members (excludes halogenated alkanes) is 2. The lowest BCUT2D eigenvalue weighted by Crippen LogP contribution is -2.52. The number of hydrogen-bond donors (Lipinski definition) is 1. The van der Waals surface area contributed by atoms with Gasteiger partial charge >= 0.3 is 11.8 Å². The molecule has 1 saturated heterocycles. The third kappa shape index (κ3) is 4.64. The zero-order valence-electron chi connectivity index (χ0n) is 11.6. The largest absolute Gasteiger partial charge is 0.348 e. The lowest BCUT2D eigenvalue weighted by molar-refractivity contribution is -0.146. The Morgan fingerprint density at radius 1 is 1.06 bits per heavy atom. The lowest BCUT2D eigenvalue weighted by Gasteiger charge is -2.33. The number of piperazine rings is 1. The second-order valence-corrected chi connectivity index (χ2v) is 4.69. The molecular formula is C13H25N3O2. The molecule has 0 atom stereocenters. The number of carbonyl (C=O) groups excluding carboxylic acids is 2. The van der Waals surface area contributed by atoms with E-state index in [0.717, 1.165) is 38.9 Å². The van der Waals surface area contributed by atoms with Gasteiger partial charge in [0.1, 0.15) is 0 Å². The number of rotatable bonds is 5. The summed E-state index contributed by atoms with van der Waals surface area (Å²) in [5.41, 5.74) is 0. The summed E-state index contributed by atoms with van der Waals surface area (Å²) in [6.07, 6.45) is 3.14. The summed E-state index contributed by atoms with van der Waals surface area (Å²) in [7, 11) is 0. The number of hydrogen-bond acceptors (Lipinski definition) is 3. The van der Waals surface area contributed by atoms with E-state index in [1.54, 1.807) is 4.90 Å². The van der Waals surface area contributed by atoms with Crippen LogP contribution >= 0.6 is 0 Å². The van der Waals surface area contributed by atoms with E-state index in [1.807, 2.05) is 0 Å². The summed E-state index contributed by atoms with van der Waals surface area (Å²) in [5.74, 6) is -0.821. The van der Waals surface area contributed by atoms with Crippen LogP contribution in [0.25, 0.3) is 0 Å². The molecule has 1 aliphatic rings. The first-order valence-electron chi connectivity index (χ1n) is 6.98. The summed E-state index contributed by atoms with van der Waals surface area (Å²) in [6.45, 7) is 8.89. The van der Waals surface area contributed by atoms with E-state index in [2.05, 4.69) is 24.1 Å². The van der Waals surface area contributed by atoms with E-state index >= 15 is 0 Å². The maximum atomic E-state index is 11.9. The number of nitrogens with zero attached hydrogens (tertiary/aromatic N) is 2. The summed E-state index contributed by atoms with van der Waals surface area (Å²) < 4.78 is 0. The molecule has 0 aromatic heterocycles. The molecule has 1 aliphatic heterocycles. The Hall–Kier alpha value is -1.10. The van der Waals surface area contributed by atoms with Gasteiger partial charge in [0.15, 0.2) is 0 Å². The van der Waals surface area contributed by atoms with E-state index in [0.29, 0.717) is 19.6 Å². The number of carbonyl (C=O) groups is 2. The molecule has 18 heavy (non-hydrogen) atoms. The van der Waals surface area contributed by atoms with E-state index < -0.39 is 5.91 Å². The van der Waals surface area contributed by atoms with Crippen molar-refractivity contribution in [3.8, 4) is 0 Å². The lowest BCUT2D eigenvalue weighted by atomic mass is 10.2. The highest BCUT2D eigenvalue weighted by molar-refractivity contribution is 6.35. The molecule has 1 rings (SSSR count). The highest BCUT2D eigenvalue weighted by Gasteiger charge is 2.24. The Morgan fingerprint density at radius 2 is 1.72 bits per heavy atom. The Bertz CT molecular complexity index is 273. The van der Waals surface area contributed by atoms with Crippen LogP contribution in [0.2, 0.25) is 0 Å². The second kappa shape index (κ2) is 8.08. The van der Waals surface area contributed by atoms with Crippen LogP contribution in [0.3, 0.4) is 0 Å². The molecule has 104 valence electrons. The quantitative estimate of drug-likeness (QED) is 0.573. The van der Waals surface area contributed by atoms with Gasteiger partial charge in [0.2, 0.25) is 0 Å². The molecule has 0 radical (unpaired) electrons. The van der Waals surface area contributed by atoms with Gasteiger partial charge in [-0.3, -0.25) is 9.59 Å². The summed E-state index contributed by atoms with van der Waals surface area (Å²) in [4.78, 5) is 27.4. The molecule has 0 bridgehead atoms. The molecule has 0 aliphatic carbocycles. The average Bonchev–Trinajstić information content (AvgIpc) is 2.42. The summed E-state index contributed by atoms with van der Waals surface area (Å²) in [5, 5.41) is 2.70. The Morgan fingerprint density at radius 3 is 2.28 bits per heavy atom. The minimum atomic E-state index is -0.448. The van der Waals surface area contributed by atoms with Gasteiger partial charge in [-0.15, -0.1) is 0 Å². The van der Waals surface area contributed by atoms with Gasteiger partial charge in [-0.25, -0.2) is 0 Å². The molecule has 5 heteroatoms. The molecule has 1 N–H and O–H groups in total. The van der Waals surface area contributed by atoms with Crippen LogP contribution in [-0.4, -0.2) is 60.9 Å². The molecule has 0 aromatic rings. The van der Waals surface area contributed by atoms with E-state index in [9.17, 15) is 9.59 Å². The highest BCUT2D eigenvalue weighted by Crippen LogP contribution is 2.01. The predicted molar refractivity (Wildman–Crippen MR) is 71.2 cm³/mol. The SMILES string of the molecule is CCCCCNC(=O)C(=O)N1CCN(CC)CC1. The van der Waals surface area contributed by atoms with Gasteiger partial charge in [0, 0.05) is 32.7 Å². The number of nitrogens with one attached hydrogen (secondary N) is 1. The van der Waals surface area contributed by atoms with Gasteiger partial charge in [0.25, 0.3) is 0 Å². The first-order valence-corrected chi connectivity index (χ1v) is 6.98. The smallest absolute Gasteiger partial charge is 0.311 e. The van der Waals surface area contributed by atoms with Crippen molar-refractivity contribution in [2.45, 2.75) is 33.1 Å². The monoisotopic (exact) mass is 255 g/mol. The van der Waals surface area contributed by atoms with Crippen LogP contribution in [0.1, 0.15) is 33.1 Å². The third-order valence-electron chi connectivity index (χ3n) is 3.37. The second-order valence-electron chi connectivity index (χ2n) is 4.69. The van der Waals surface area contributed by atoms with Crippen LogP contribution in [0, 0.1) is 0 Å². The Balaban J connectivity index is 2.25. The van der Waals surface area contributed by atoms with Crippen molar-refractivity contribution in [1.29, 1.82) is 0 Å². The number of amides is 2. The van der Waals surface area contributed by atoms with Crippen molar-refractivity contribution in [2.75, 3.05) is 39.3 Å². The van der Waals surface area contributed by atoms with Gasteiger partial charge in [0.05, 0.1) is 0 Å². The molecule has 0 spiro atoms. The fourth-order valence-corrected chi connectivity index (χ4v) is 2.06. The zero-order valence-corrected chi connectivity index (χ0v) is 11.6. The fourth-order valence-electron chi connectivity index (χ4n) is 2.06. The third-order valence-corrected chi connectivity index (χ3v) is 3.37. The zero-order chi connectivity index (χ0) is 13.4. The first kappa shape index (κ1) is 15.0. The van der Waals surface area contributed by atoms with Crippen molar-refractivity contribution in [3.63, 3.8) is 0 Å². The number of likely N-dealkylation sites (N-methyl/N-ethyl adjacent to an activating group) is 1. The Labute approximate surface area is 110 Å². The topological polar surface area (TPSA) is 52.7 Å². The maximum Gasteiger partial charge on any atom is 0.311 e. The van der Waals surface area contributed by atoms with Gasteiger partial charge < -0.3 is 15.1 Å². The molecule has 0 aromatic carbocycles. The van der Waals surface area contributed by atoms with Crippen LogP contribution in [0.5, 0.6) is 0 Å². The Kier molecular flexibility index (Phi) is 6.72. The van der Waals surface area contributed by atoms with Crippen LogP contribution in [0.4, 0.5) is 0 Å². The maximum absolute atomic E-state index is 11.9. The van der Waals surface area contributed by atoms with Crippen molar-refractivity contribution < 1.29 is 9.59 Å². The standard InChI is InChI=1S/C13H25N3O2/c1-3-5-6-7-14-12(17)13(18)16-10-8-15(4-2)9-11-16/h3-11H2,1-2H3,(H,14,17). The molecular weight excluding hydrogens is 230 g/mol. The van der Waals surface area contributed by atoms with Crippen molar-refractivity contribution in [3.05, 3.63) is 0 Å². The van der Waals surface area contributed by atoms with Gasteiger partial charge in [-0.2, -0.15) is 0 Å². The van der Waals surface area contributed by atoms with Crippen LogP contribution in [0.15, 0.2) is 0 Å². The van der Waals surface area contributed by atoms with E-state index in [-0.39, 0.29) is 5.91 Å². The van der Waals surface area contributed by atoms with E-state index in [4.69, 9.17) is 0 Å². The highest BCUT2D eigenvalue weighted by atomic mass is 16.2. The van der Waals surface area contributed by atoms with Crippen LogP contribution in [-0.2, 0) is 9.59 Å². The summed E-state index contributed by atoms with van der Waals surface area (Å²) in [6, 6.07) is 0. The van der Waals surface area contributed by atoms with E-state index in [1.165, 1.54) is 0 Å². The molecule has 1 fully saturated rings. The first-order chi connectivity index (χ1) is 8.69. The molecule has 1 heterocycles. The average molecular weight is 255 g/mol. The van der Waals surface area contributed by atoms with Crippen molar-refractivity contribution in [2.24, 2.45) is 0 Å². The van der Waals surface area contributed by atoms with Gasteiger partial charge in [-0.1, -0.05) is 26.7 Å². The molecule has 0 unspecified atom stereocenters. The minimum Gasteiger partial charge on any atom is -0.348 e.